The summed E-state index contributed by atoms with van der Waals surface area (Å²) in [5.41, 5.74) is 0.877. The van der Waals surface area contributed by atoms with E-state index in [1.807, 2.05) is 30.3 Å². The summed E-state index contributed by atoms with van der Waals surface area (Å²) in [5, 5.41) is 9.59. The third-order valence-electron chi connectivity index (χ3n) is 2.40. The first kappa shape index (κ1) is 14.0. The summed E-state index contributed by atoms with van der Waals surface area (Å²) in [7, 11) is 0. The summed E-state index contributed by atoms with van der Waals surface area (Å²) in [4.78, 5) is 0. The molecule has 0 aliphatic heterocycles. The molecule has 0 atom stereocenters. The number of aromatic hydroxyl groups is 1. The number of alkyl halides is 3. The van der Waals surface area contributed by atoms with Gasteiger partial charge in [-0.2, -0.15) is 0 Å². The van der Waals surface area contributed by atoms with Gasteiger partial charge in [-0.25, -0.2) is 0 Å². The van der Waals surface area contributed by atoms with E-state index >= 15 is 0 Å². The number of rotatable bonds is 4. The summed E-state index contributed by atoms with van der Waals surface area (Å²) >= 11 is 0. The van der Waals surface area contributed by atoms with Crippen LogP contribution in [0.4, 0.5) is 13.2 Å². The van der Waals surface area contributed by atoms with Crippen molar-refractivity contribution >= 4 is 0 Å². The van der Waals surface area contributed by atoms with Gasteiger partial charge in [0.25, 0.3) is 0 Å². The summed E-state index contributed by atoms with van der Waals surface area (Å²) in [5.74, 6) is -0.826. The van der Waals surface area contributed by atoms with Crippen molar-refractivity contribution < 1.29 is 27.8 Å². The number of halogens is 3. The Bertz CT molecular complexity index is 568. The summed E-state index contributed by atoms with van der Waals surface area (Å²) < 4.78 is 45.0. The maximum Gasteiger partial charge on any atom is 0.573 e. The molecule has 20 heavy (non-hydrogen) atoms. The third-order valence-corrected chi connectivity index (χ3v) is 2.40. The van der Waals surface area contributed by atoms with Gasteiger partial charge in [-0.3, -0.25) is 0 Å². The largest absolute Gasteiger partial charge is 0.573 e. The third kappa shape index (κ3) is 4.08. The predicted molar refractivity (Wildman–Crippen MR) is 65.6 cm³/mol. The molecule has 0 aliphatic rings. The minimum atomic E-state index is -4.79. The van der Waals surface area contributed by atoms with E-state index in [4.69, 9.17) is 4.74 Å². The standard InChI is InChI=1S/C14H11F3O3/c15-14(16,17)20-11-6-7-13(12(18)8-11)19-9-10-4-2-1-3-5-10/h1-8,18H,9H2. The van der Waals surface area contributed by atoms with E-state index in [1.54, 1.807) is 0 Å². The molecule has 0 heterocycles. The zero-order chi connectivity index (χ0) is 14.6. The first-order valence-electron chi connectivity index (χ1n) is 5.69. The Morgan fingerprint density at radius 3 is 2.30 bits per heavy atom. The smallest absolute Gasteiger partial charge is 0.504 e. The highest BCUT2D eigenvalue weighted by molar-refractivity contribution is 5.44. The van der Waals surface area contributed by atoms with Crippen LogP contribution in [0.1, 0.15) is 5.56 Å². The molecule has 0 fully saturated rings. The van der Waals surface area contributed by atoms with Crippen LogP contribution >= 0.6 is 0 Å². The molecule has 1 N–H and O–H groups in total. The van der Waals surface area contributed by atoms with Crippen molar-refractivity contribution in [2.24, 2.45) is 0 Å². The molecule has 2 aromatic rings. The maximum absolute atomic E-state index is 12.0. The fraction of sp³-hybridized carbons (Fsp3) is 0.143. The second-order valence-electron chi connectivity index (χ2n) is 3.95. The van der Waals surface area contributed by atoms with Crippen LogP contribution in [0.15, 0.2) is 48.5 Å². The molecule has 106 valence electrons. The monoisotopic (exact) mass is 284 g/mol. The van der Waals surface area contributed by atoms with Gasteiger partial charge in [0.1, 0.15) is 12.4 Å². The normalized spacial score (nSPS) is 11.2. The molecule has 0 aliphatic carbocycles. The zero-order valence-electron chi connectivity index (χ0n) is 10.2. The highest BCUT2D eigenvalue weighted by Gasteiger charge is 2.31. The fourth-order valence-electron chi connectivity index (χ4n) is 1.55. The summed E-state index contributed by atoms with van der Waals surface area (Å²) in [6, 6.07) is 12.3. The Labute approximate surface area is 113 Å². The quantitative estimate of drug-likeness (QED) is 0.926. The van der Waals surface area contributed by atoms with E-state index in [0.29, 0.717) is 0 Å². The van der Waals surface area contributed by atoms with Gasteiger partial charge in [0.15, 0.2) is 11.5 Å². The molecule has 3 nitrogen and oxygen atoms in total. The second-order valence-corrected chi connectivity index (χ2v) is 3.95. The lowest BCUT2D eigenvalue weighted by molar-refractivity contribution is -0.274. The molecule has 2 aromatic carbocycles. The van der Waals surface area contributed by atoms with Crippen LogP contribution in [0.3, 0.4) is 0 Å². The van der Waals surface area contributed by atoms with Gasteiger partial charge in [0, 0.05) is 6.07 Å². The van der Waals surface area contributed by atoms with Gasteiger partial charge in [-0.05, 0) is 17.7 Å². The van der Waals surface area contributed by atoms with E-state index in [-0.39, 0.29) is 12.4 Å². The SMILES string of the molecule is Oc1cc(OC(F)(F)F)ccc1OCc1ccccc1. The lowest BCUT2D eigenvalue weighted by atomic mass is 10.2. The minimum Gasteiger partial charge on any atom is -0.504 e. The molecule has 0 spiro atoms. The molecule has 0 saturated carbocycles. The van der Waals surface area contributed by atoms with Gasteiger partial charge in [-0.1, -0.05) is 30.3 Å². The summed E-state index contributed by atoms with van der Waals surface area (Å²) in [6.07, 6.45) is -4.79. The Hall–Kier alpha value is -2.37. The van der Waals surface area contributed by atoms with E-state index in [0.717, 1.165) is 17.7 Å². The highest BCUT2D eigenvalue weighted by Crippen LogP contribution is 2.33. The van der Waals surface area contributed by atoms with E-state index < -0.39 is 17.9 Å². The van der Waals surface area contributed by atoms with Crippen LogP contribution in [-0.2, 0) is 6.61 Å². The Kier molecular flexibility index (Phi) is 4.02. The van der Waals surface area contributed by atoms with Crippen LogP contribution in [0.5, 0.6) is 17.2 Å². The van der Waals surface area contributed by atoms with Crippen molar-refractivity contribution in [3.05, 3.63) is 54.1 Å². The van der Waals surface area contributed by atoms with Gasteiger partial charge in [0.05, 0.1) is 0 Å². The number of hydrogen-bond acceptors (Lipinski definition) is 3. The van der Waals surface area contributed by atoms with Gasteiger partial charge in [-0.15, -0.1) is 13.2 Å². The van der Waals surface area contributed by atoms with Crippen molar-refractivity contribution in [2.75, 3.05) is 0 Å². The maximum atomic E-state index is 12.0. The zero-order valence-corrected chi connectivity index (χ0v) is 10.2. The lowest BCUT2D eigenvalue weighted by Gasteiger charge is -2.11. The molecule has 0 amide bonds. The predicted octanol–water partition coefficient (Wildman–Crippen LogP) is 3.87. The Morgan fingerprint density at radius 1 is 1.00 bits per heavy atom. The van der Waals surface area contributed by atoms with E-state index in [2.05, 4.69) is 4.74 Å². The lowest BCUT2D eigenvalue weighted by Crippen LogP contribution is -2.17. The molecule has 0 unspecified atom stereocenters. The Balaban J connectivity index is 2.03. The van der Waals surface area contributed by atoms with Crippen LogP contribution in [0.2, 0.25) is 0 Å². The number of phenols is 1. The number of ether oxygens (including phenoxy) is 2. The fourth-order valence-corrected chi connectivity index (χ4v) is 1.55. The second kappa shape index (κ2) is 5.73. The van der Waals surface area contributed by atoms with Gasteiger partial charge in [0.2, 0.25) is 0 Å². The number of phenolic OH excluding ortho intramolecular Hbond substituents is 1. The molecular weight excluding hydrogens is 273 g/mol. The average Bonchev–Trinajstić information content (AvgIpc) is 2.37. The molecule has 0 radical (unpaired) electrons. The molecule has 6 heteroatoms. The first-order chi connectivity index (χ1) is 9.44. The first-order valence-corrected chi connectivity index (χ1v) is 5.69. The van der Waals surface area contributed by atoms with E-state index in [1.165, 1.54) is 6.07 Å². The van der Waals surface area contributed by atoms with Crippen molar-refractivity contribution in [3.63, 3.8) is 0 Å². The number of hydrogen-bond donors (Lipinski definition) is 1. The molecule has 0 saturated heterocycles. The van der Waals surface area contributed by atoms with Gasteiger partial charge >= 0.3 is 6.36 Å². The molecule has 2 rings (SSSR count). The highest BCUT2D eigenvalue weighted by atomic mass is 19.4. The average molecular weight is 284 g/mol. The van der Waals surface area contributed by atoms with Crippen LogP contribution in [0, 0.1) is 0 Å². The van der Waals surface area contributed by atoms with Crippen LogP contribution in [0.25, 0.3) is 0 Å². The van der Waals surface area contributed by atoms with Crippen LogP contribution < -0.4 is 9.47 Å². The van der Waals surface area contributed by atoms with Gasteiger partial charge < -0.3 is 14.6 Å². The molecule has 0 aromatic heterocycles. The Morgan fingerprint density at radius 2 is 1.70 bits per heavy atom. The topological polar surface area (TPSA) is 38.7 Å². The van der Waals surface area contributed by atoms with E-state index in [9.17, 15) is 18.3 Å². The molecule has 0 bridgehead atoms. The van der Waals surface area contributed by atoms with Crippen molar-refractivity contribution in [3.8, 4) is 17.2 Å². The summed E-state index contributed by atoms with van der Waals surface area (Å²) in [6.45, 7) is 0.202. The molecular formula is C14H11F3O3. The minimum absolute atomic E-state index is 0.0865. The van der Waals surface area contributed by atoms with Crippen LogP contribution in [-0.4, -0.2) is 11.5 Å². The number of benzene rings is 2. The van der Waals surface area contributed by atoms with Crippen molar-refractivity contribution in [2.45, 2.75) is 13.0 Å². The van der Waals surface area contributed by atoms with Crippen molar-refractivity contribution in [1.82, 2.24) is 0 Å². The van der Waals surface area contributed by atoms with Crippen molar-refractivity contribution in [1.29, 1.82) is 0 Å².